The number of nitrogens with zero attached hydrogens (tertiary/aromatic N) is 4. The fraction of sp³-hybridized carbons (Fsp3) is 0.750. The third-order valence-corrected chi connectivity index (χ3v) is 3.38. The predicted octanol–water partition coefficient (Wildman–Crippen LogP) is 1.80. The standard InChI is InChI=1S/C12H20N4O2/c1-9(2)16-11(13-8-14-16)10-4-6-15(7-5-10)12(17)18-3/h8-10H,4-7H2,1-3H3. The second kappa shape index (κ2) is 5.37. The van der Waals surface area contributed by atoms with Crippen molar-refractivity contribution in [1.82, 2.24) is 19.7 Å². The number of hydrogen-bond donors (Lipinski definition) is 0. The summed E-state index contributed by atoms with van der Waals surface area (Å²) >= 11 is 0. The molecule has 0 unspecified atom stereocenters. The van der Waals surface area contributed by atoms with E-state index in [2.05, 4.69) is 23.9 Å². The first-order valence-electron chi connectivity index (χ1n) is 6.35. The Morgan fingerprint density at radius 3 is 2.67 bits per heavy atom. The van der Waals surface area contributed by atoms with Crippen LogP contribution in [0.2, 0.25) is 0 Å². The van der Waals surface area contributed by atoms with Crippen LogP contribution in [0, 0.1) is 0 Å². The lowest BCUT2D eigenvalue weighted by molar-refractivity contribution is 0.111. The molecule has 1 fully saturated rings. The van der Waals surface area contributed by atoms with Crippen molar-refractivity contribution in [3.05, 3.63) is 12.2 Å². The predicted molar refractivity (Wildman–Crippen MR) is 66.4 cm³/mol. The van der Waals surface area contributed by atoms with E-state index in [4.69, 9.17) is 4.74 Å². The average molecular weight is 252 g/mol. The van der Waals surface area contributed by atoms with Crippen LogP contribution in [-0.4, -0.2) is 46.0 Å². The molecule has 1 aliphatic rings. The van der Waals surface area contributed by atoms with Crippen LogP contribution in [0.1, 0.15) is 44.5 Å². The Balaban J connectivity index is 2.01. The molecular formula is C12H20N4O2. The fourth-order valence-corrected chi connectivity index (χ4v) is 2.40. The maximum absolute atomic E-state index is 11.4. The van der Waals surface area contributed by atoms with E-state index in [1.807, 2.05) is 4.68 Å². The van der Waals surface area contributed by atoms with Crippen molar-refractivity contribution in [2.24, 2.45) is 0 Å². The van der Waals surface area contributed by atoms with E-state index >= 15 is 0 Å². The van der Waals surface area contributed by atoms with Gasteiger partial charge in [0.1, 0.15) is 12.2 Å². The molecule has 1 aromatic rings. The van der Waals surface area contributed by atoms with Crippen molar-refractivity contribution >= 4 is 6.09 Å². The van der Waals surface area contributed by atoms with Gasteiger partial charge in [-0.05, 0) is 26.7 Å². The topological polar surface area (TPSA) is 60.2 Å². The van der Waals surface area contributed by atoms with Crippen molar-refractivity contribution in [1.29, 1.82) is 0 Å². The molecule has 0 atom stereocenters. The number of aromatic nitrogens is 3. The van der Waals surface area contributed by atoms with Crippen LogP contribution in [0.3, 0.4) is 0 Å². The van der Waals surface area contributed by atoms with E-state index in [0.717, 1.165) is 31.8 Å². The van der Waals surface area contributed by atoms with E-state index in [9.17, 15) is 4.79 Å². The summed E-state index contributed by atoms with van der Waals surface area (Å²) in [6.07, 6.45) is 3.21. The molecule has 0 aliphatic carbocycles. The van der Waals surface area contributed by atoms with Gasteiger partial charge in [-0.15, -0.1) is 0 Å². The van der Waals surface area contributed by atoms with Crippen LogP contribution in [-0.2, 0) is 4.74 Å². The molecule has 0 bridgehead atoms. The third-order valence-electron chi connectivity index (χ3n) is 3.38. The van der Waals surface area contributed by atoms with Crippen LogP contribution in [0.4, 0.5) is 4.79 Å². The molecule has 100 valence electrons. The molecule has 1 aromatic heterocycles. The maximum atomic E-state index is 11.4. The van der Waals surface area contributed by atoms with Crippen LogP contribution in [0.25, 0.3) is 0 Å². The average Bonchev–Trinajstić information content (AvgIpc) is 2.87. The SMILES string of the molecule is COC(=O)N1CCC(c2ncnn2C(C)C)CC1. The number of piperidine rings is 1. The lowest BCUT2D eigenvalue weighted by atomic mass is 9.96. The van der Waals surface area contributed by atoms with Gasteiger partial charge >= 0.3 is 6.09 Å². The Morgan fingerprint density at radius 1 is 1.44 bits per heavy atom. The van der Waals surface area contributed by atoms with Gasteiger partial charge in [-0.25, -0.2) is 14.5 Å². The Kier molecular flexibility index (Phi) is 3.84. The first-order valence-corrected chi connectivity index (χ1v) is 6.35. The summed E-state index contributed by atoms with van der Waals surface area (Å²) in [6, 6.07) is 0.320. The number of carbonyl (C=O) groups is 1. The quantitative estimate of drug-likeness (QED) is 0.805. The van der Waals surface area contributed by atoms with Crippen molar-refractivity contribution in [3.63, 3.8) is 0 Å². The highest BCUT2D eigenvalue weighted by Gasteiger charge is 2.27. The number of carbonyl (C=O) groups excluding carboxylic acids is 1. The van der Waals surface area contributed by atoms with Crippen LogP contribution >= 0.6 is 0 Å². The van der Waals surface area contributed by atoms with Gasteiger partial charge < -0.3 is 9.64 Å². The van der Waals surface area contributed by atoms with Gasteiger partial charge in [0.25, 0.3) is 0 Å². The molecule has 2 heterocycles. The van der Waals surface area contributed by atoms with E-state index in [-0.39, 0.29) is 6.09 Å². The molecule has 2 rings (SSSR count). The zero-order valence-corrected chi connectivity index (χ0v) is 11.2. The van der Waals surface area contributed by atoms with Crippen LogP contribution in [0.15, 0.2) is 6.33 Å². The fourth-order valence-electron chi connectivity index (χ4n) is 2.40. The van der Waals surface area contributed by atoms with Crippen molar-refractivity contribution in [2.75, 3.05) is 20.2 Å². The Bertz CT molecular complexity index is 408. The number of methoxy groups -OCH3 is 1. The Hall–Kier alpha value is -1.59. The van der Waals surface area contributed by atoms with Crippen molar-refractivity contribution < 1.29 is 9.53 Å². The number of ether oxygens (including phenoxy) is 1. The van der Waals surface area contributed by atoms with E-state index in [0.29, 0.717) is 12.0 Å². The minimum atomic E-state index is -0.237. The molecule has 1 saturated heterocycles. The van der Waals surface area contributed by atoms with Gasteiger partial charge in [-0.2, -0.15) is 5.10 Å². The molecule has 0 saturated carbocycles. The number of rotatable bonds is 2. The van der Waals surface area contributed by atoms with E-state index in [1.165, 1.54) is 7.11 Å². The van der Waals surface area contributed by atoms with Gasteiger partial charge in [0.2, 0.25) is 0 Å². The molecule has 0 radical (unpaired) electrons. The van der Waals surface area contributed by atoms with E-state index < -0.39 is 0 Å². The normalized spacial score (nSPS) is 17.2. The molecule has 6 heteroatoms. The molecule has 1 amide bonds. The van der Waals surface area contributed by atoms with Crippen molar-refractivity contribution in [3.8, 4) is 0 Å². The molecular weight excluding hydrogens is 232 g/mol. The molecule has 0 aromatic carbocycles. The van der Waals surface area contributed by atoms with Crippen LogP contribution < -0.4 is 0 Å². The lowest BCUT2D eigenvalue weighted by Gasteiger charge is -2.30. The highest BCUT2D eigenvalue weighted by Crippen LogP contribution is 2.27. The molecule has 6 nitrogen and oxygen atoms in total. The summed E-state index contributed by atoms with van der Waals surface area (Å²) in [5, 5.41) is 4.26. The summed E-state index contributed by atoms with van der Waals surface area (Å²) in [6.45, 7) is 5.65. The molecule has 18 heavy (non-hydrogen) atoms. The number of hydrogen-bond acceptors (Lipinski definition) is 4. The van der Waals surface area contributed by atoms with Gasteiger partial charge in [0.15, 0.2) is 0 Å². The van der Waals surface area contributed by atoms with Gasteiger partial charge in [-0.1, -0.05) is 0 Å². The largest absolute Gasteiger partial charge is 0.453 e. The minimum Gasteiger partial charge on any atom is -0.453 e. The summed E-state index contributed by atoms with van der Waals surface area (Å²) in [7, 11) is 1.42. The molecule has 0 N–H and O–H groups in total. The monoisotopic (exact) mass is 252 g/mol. The Labute approximate surface area is 107 Å². The lowest BCUT2D eigenvalue weighted by Crippen LogP contribution is -2.38. The third kappa shape index (κ3) is 2.47. The summed E-state index contributed by atoms with van der Waals surface area (Å²) in [4.78, 5) is 17.5. The van der Waals surface area contributed by atoms with Crippen LogP contribution in [0.5, 0.6) is 0 Å². The first-order chi connectivity index (χ1) is 8.63. The summed E-state index contributed by atoms with van der Waals surface area (Å²) in [5.74, 6) is 1.42. The number of amides is 1. The number of likely N-dealkylation sites (tertiary alicyclic amines) is 1. The second-order valence-electron chi connectivity index (χ2n) is 4.89. The Morgan fingerprint density at radius 2 is 2.11 bits per heavy atom. The highest BCUT2D eigenvalue weighted by molar-refractivity contribution is 5.67. The molecule has 1 aliphatic heterocycles. The summed E-state index contributed by atoms with van der Waals surface area (Å²) in [5.41, 5.74) is 0. The van der Waals surface area contributed by atoms with E-state index in [1.54, 1.807) is 11.2 Å². The molecule has 0 spiro atoms. The minimum absolute atomic E-state index is 0.237. The highest BCUT2D eigenvalue weighted by atomic mass is 16.5. The van der Waals surface area contributed by atoms with Gasteiger partial charge in [0.05, 0.1) is 7.11 Å². The second-order valence-corrected chi connectivity index (χ2v) is 4.89. The first kappa shape index (κ1) is 12.9. The maximum Gasteiger partial charge on any atom is 0.409 e. The van der Waals surface area contributed by atoms with Gasteiger partial charge in [0, 0.05) is 25.0 Å². The van der Waals surface area contributed by atoms with Gasteiger partial charge in [-0.3, -0.25) is 0 Å². The zero-order valence-electron chi connectivity index (χ0n) is 11.2. The zero-order chi connectivity index (χ0) is 13.1. The smallest absolute Gasteiger partial charge is 0.409 e. The van der Waals surface area contributed by atoms with Crippen molar-refractivity contribution in [2.45, 2.75) is 38.6 Å². The summed E-state index contributed by atoms with van der Waals surface area (Å²) < 4.78 is 6.70.